The summed E-state index contributed by atoms with van der Waals surface area (Å²) in [6.45, 7) is 0.549. The largest absolute Gasteiger partial charge is 0.486 e. The molecular formula is C16H12ClF2N3O2. The minimum atomic E-state index is -0.726. The van der Waals surface area contributed by atoms with Crippen molar-refractivity contribution < 1.29 is 18.3 Å². The molecule has 1 aromatic carbocycles. The first-order chi connectivity index (χ1) is 11.5. The van der Waals surface area contributed by atoms with Gasteiger partial charge in [0.1, 0.15) is 12.3 Å². The van der Waals surface area contributed by atoms with E-state index in [9.17, 15) is 13.6 Å². The number of carbonyl (C=O) groups excluding carboxylic acids is 1. The molecule has 0 atom stereocenters. The lowest BCUT2D eigenvalue weighted by molar-refractivity contribution is -0.120. The normalized spacial score (nSPS) is 16.5. The number of fused-ring (bicyclic) bond motifs is 1. The highest BCUT2D eigenvalue weighted by molar-refractivity contribution is 6.28. The Morgan fingerprint density at radius 1 is 1.29 bits per heavy atom. The highest BCUT2D eigenvalue weighted by Gasteiger charge is 2.37. The first-order valence-electron chi connectivity index (χ1n) is 7.50. The van der Waals surface area contributed by atoms with E-state index < -0.39 is 11.6 Å². The van der Waals surface area contributed by atoms with Crippen molar-refractivity contribution in [3.05, 3.63) is 35.2 Å². The zero-order valence-electron chi connectivity index (χ0n) is 12.4. The topological polar surface area (TPSA) is 55.3 Å². The Morgan fingerprint density at radius 2 is 2.08 bits per heavy atom. The second kappa shape index (κ2) is 5.66. The number of hydrogen-bond donors (Lipinski definition) is 0. The molecule has 0 unspecified atom stereocenters. The van der Waals surface area contributed by atoms with Crippen molar-refractivity contribution in [2.45, 2.75) is 12.8 Å². The Kier molecular flexibility index (Phi) is 3.60. The molecule has 0 spiro atoms. The van der Waals surface area contributed by atoms with Gasteiger partial charge in [0.2, 0.25) is 11.2 Å². The number of benzene rings is 1. The van der Waals surface area contributed by atoms with Crippen LogP contribution >= 0.6 is 11.6 Å². The van der Waals surface area contributed by atoms with E-state index in [1.807, 2.05) is 0 Å². The number of halogens is 3. The summed E-state index contributed by atoms with van der Waals surface area (Å²) in [5.74, 6) is -1.48. The summed E-state index contributed by atoms with van der Waals surface area (Å²) >= 11 is 5.71. The zero-order valence-corrected chi connectivity index (χ0v) is 13.2. The minimum absolute atomic E-state index is 0.000406. The van der Waals surface area contributed by atoms with Gasteiger partial charge in [0.25, 0.3) is 0 Å². The van der Waals surface area contributed by atoms with Crippen LogP contribution in [-0.4, -0.2) is 29.0 Å². The fraction of sp³-hybridized carbons (Fsp3) is 0.312. The Labute approximate surface area is 141 Å². The summed E-state index contributed by atoms with van der Waals surface area (Å²) in [5, 5.41) is -0.147. The molecule has 1 fully saturated rings. The van der Waals surface area contributed by atoms with Gasteiger partial charge in [0.05, 0.1) is 18.4 Å². The van der Waals surface area contributed by atoms with Crippen molar-refractivity contribution in [2.75, 3.05) is 18.1 Å². The van der Waals surface area contributed by atoms with Crippen LogP contribution in [-0.2, 0) is 4.79 Å². The molecule has 5 nitrogen and oxygen atoms in total. The van der Waals surface area contributed by atoms with E-state index in [4.69, 9.17) is 16.3 Å². The van der Waals surface area contributed by atoms with Crippen molar-refractivity contribution in [1.82, 2.24) is 9.97 Å². The van der Waals surface area contributed by atoms with E-state index in [-0.39, 0.29) is 40.7 Å². The van der Waals surface area contributed by atoms with Gasteiger partial charge in [-0.05, 0) is 36.6 Å². The molecule has 8 heteroatoms. The molecule has 2 aromatic rings. The SMILES string of the molecule is O=C(C1CC1)N1CCOc2c(F)cc(-c3nc(Cl)ncc3F)cc21. The van der Waals surface area contributed by atoms with Crippen LogP contribution in [0.3, 0.4) is 0 Å². The summed E-state index contributed by atoms with van der Waals surface area (Å²) in [6.07, 6.45) is 2.60. The molecule has 124 valence electrons. The third-order valence-corrected chi connectivity index (χ3v) is 4.24. The van der Waals surface area contributed by atoms with Crippen LogP contribution in [0.25, 0.3) is 11.3 Å². The Bertz CT molecular complexity index is 842. The van der Waals surface area contributed by atoms with Gasteiger partial charge >= 0.3 is 0 Å². The molecule has 1 aliphatic heterocycles. The van der Waals surface area contributed by atoms with Gasteiger partial charge < -0.3 is 9.64 Å². The molecule has 1 saturated carbocycles. The average Bonchev–Trinajstić information content (AvgIpc) is 3.41. The molecular weight excluding hydrogens is 340 g/mol. The van der Waals surface area contributed by atoms with Crippen LogP contribution in [0.1, 0.15) is 12.8 Å². The summed E-state index contributed by atoms with van der Waals surface area (Å²) in [4.78, 5) is 21.3. The lowest BCUT2D eigenvalue weighted by Gasteiger charge is -2.30. The number of aromatic nitrogens is 2. The van der Waals surface area contributed by atoms with E-state index in [0.29, 0.717) is 12.2 Å². The van der Waals surface area contributed by atoms with E-state index >= 15 is 0 Å². The average molecular weight is 352 g/mol. The Balaban J connectivity index is 1.83. The van der Waals surface area contributed by atoms with Crippen LogP contribution in [0.4, 0.5) is 14.5 Å². The Hall–Kier alpha value is -2.28. The van der Waals surface area contributed by atoms with Gasteiger partial charge in [-0.15, -0.1) is 0 Å². The maximum Gasteiger partial charge on any atom is 0.230 e. The van der Waals surface area contributed by atoms with Gasteiger partial charge in [-0.25, -0.2) is 18.7 Å². The van der Waals surface area contributed by atoms with Crippen molar-refractivity contribution >= 4 is 23.2 Å². The third-order valence-electron chi connectivity index (χ3n) is 4.06. The summed E-state index contributed by atoms with van der Waals surface area (Å²) in [7, 11) is 0. The van der Waals surface area contributed by atoms with Crippen LogP contribution in [0.2, 0.25) is 5.28 Å². The fourth-order valence-corrected chi connectivity index (χ4v) is 2.88. The number of ether oxygens (including phenoxy) is 1. The molecule has 0 N–H and O–H groups in total. The second-order valence-corrected chi connectivity index (χ2v) is 6.09. The first kappa shape index (κ1) is 15.3. The summed E-state index contributed by atoms with van der Waals surface area (Å²) in [5.41, 5.74) is 0.343. The zero-order chi connectivity index (χ0) is 16.8. The maximum atomic E-state index is 14.4. The lowest BCUT2D eigenvalue weighted by Crippen LogP contribution is -2.39. The second-order valence-electron chi connectivity index (χ2n) is 5.75. The van der Waals surface area contributed by atoms with Gasteiger partial charge in [-0.2, -0.15) is 0 Å². The Morgan fingerprint density at radius 3 is 2.83 bits per heavy atom. The predicted octanol–water partition coefficient (Wildman–Crippen LogP) is 3.21. The lowest BCUT2D eigenvalue weighted by atomic mass is 10.1. The predicted molar refractivity (Wildman–Crippen MR) is 83.0 cm³/mol. The molecule has 24 heavy (non-hydrogen) atoms. The molecule has 1 amide bonds. The van der Waals surface area contributed by atoms with Crippen molar-refractivity contribution in [3.8, 4) is 17.0 Å². The summed E-state index contributed by atoms with van der Waals surface area (Å²) in [6, 6.07) is 2.62. The number of amides is 1. The van der Waals surface area contributed by atoms with Gasteiger partial charge in [0.15, 0.2) is 17.4 Å². The molecule has 0 radical (unpaired) electrons. The number of nitrogens with zero attached hydrogens (tertiary/aromatic N) is 3. The third kappa shape index (κ3) is 2.58. The molecule has 1 aromatic heterocycles. The van der Waals surface area contributed by atoms with Crippen LogP contribution in [0.5, 0.6) is 5.75 Å². The van der Waals surface area contributed by atoms with E-state index in [2.05, 4.69) is 9.97 Å². The van der Waals surface area contributed by atoms with Crippen LogP contribution < -0.4 is 9.64 Å². The van der Waals surface area contributed by atoms with Crippen LogP contribution in [0, 0.1) is 17.6 Å². The minimum Gasteiger partial charge on any atom is -0.486 e. The standard InChI is InChI=1S/C16H12ClF2N3O2/c17-16-20-7-11(19)13(21-16)9-5-10(18)14-12(6-9)22(3-4-24-14)15(23)8-1-2-8/h5-8H,1-4H2. The molecule has 1 aliphatic carbocycles. The highest BCUT2D eigenvalue weighted by Crippen LogP contribution is 2.41. The van der Waals surface area contributed by atoms with E-state index in [1.165, 1.54) is 11.0 Å². The molecule has 4 rings (SSSR count). The molecule has 0 saturated heterocycles. The monoisotopic (exact) mass is 351 g/mol. The van der Waals surface area contributed by atoms with Crippen molar-refractivity contribution in [3.63, 3.8) is 0 Å². The smallest absolute Gasteiger partial charge is 0.230 e. The number of hydrogen-bond acceptors (Lipinski definition) is 4. The number of anilines is 1. The number of rotatable bonds is 2. The van der Waals surface area contributed by atoms with Crippen molar-refractivity contribution in [2.24, 2.45) is 5.92 Å². The first-order valence-corrected chi connectivity index (χ1v) is 7.88. The van der Waals surface area contributed by atoms with Crippen LogP contribution in [0.15, 0.2) is 18.3 Å². The van der Waals surface area contributed by atoms with Gasteiger partial charge in [-0.3, -0.25) is 4.79 Å². The molecule has 2 aliphatic rings. The van der Waals surface area contributed by atoms with Crippen molar-refractivity contribution in [1.29, 1.82) is 0 Å². The summed E-state index contributed by atoms with van der Waals surface area (Å²) < 4.78 is 33.8. The molecule has 0 bridgehead atoms. The highest BCUT2D eigenvalue weighted by atomic mass is 35.5. The van der Waals surface area contributed by atoms with Gasteiger partial charge in [-0.1, -0.05) is 0 Å². The molecule has 2 heterocycles. The quantitative estimate of drug-likeness (QED) is 0.780. The van der Waals surface area contributed by atoms with Gasteiger partial charge in [0, 0.05) is 11.5 Å². The fourth-order valence-electron chi connectivity index (χ4n) is 2.75. The van der Waals surface area contributed by atoms with E-state index in [1.54, 1.807) is 0 Å². The van der Waals surface area contributed by atoms with E-state index in [0.717, 1.165) is 25.1 Å². The number of carbonyl (C=O) groups is 1. The maximum absolute atomic E-state index is 14.4.